The predicted octanol–water partition coefficient (Wildman–Crippen LogP) is 5.16. The van der Waals surface area contributed by atoms with Gasteiger partial charge in [0, 0.05) is 25.7 Å². The van der Waals surface area contributed by atoms with Crippen molar-refractivity contribution in [2.45, 2.75) is 73.8 Å². The number of aryl methyl sites for hydroxylation is 2. The van der Waals surface area contributed by atoms with E-state index in [0.29, 0.717) is 15.2 Å². The van der Waals surface area contributed by atoms with Gasteiger partial charge in [-0.1, -0.05) is 36.7 Å². The van der Waals surface area contributed by atoms with E-state index in [4.69, 9.17) is 30.5 Å². The Kier molecular flexibility index (Phi) is 22.0. The molecule has 6 aromatic rings. The summed E-state index contributed by atoms with van der Waals surface area (Å²) in [6, 6.07) is 10.2. The van der Waals surface area contributed by atoms with Gasteiger partial charge in [-0.2, -0.15) is 59.7 Å². The molecule has 0 fully saturated rings. The number of sulfonamides is 2. The molecule has 37 heteroatoms. The Morgan fingerprint density at radius 2 is 1.30 bits per heavy atom. The van der Waals surface area contributed by atoms with E-state index >= 15 is 0 Å². The molecular formula is C45H47ClF6N12O15S3. The first-order chi connectivity index (χ1) is 38.1. The van der Waals surface area contributed by atoms with Gasteiger partial charge in [0.1, 0.15) is 16.4 Å². The molecule has 82 heavy (non-hydrogen) atoms. The number of methoxy groups -OCH3 is 3. The van der Waals surface area contributed by atoms with Gasteiger partial charge in [0.25, 0.3) is 25.6 Å². The molecule has 27 nitrogen and oxygen atoms in total. The van der Waals surface area contributed by atoms with Crippen molar-refractivity contribution >= 4 is 71.4 Å². The van der Waals surface area contributed by atoms with E-state index in [9.17, 15) is 75.6 Å². The molecular weight excluding hydrogens is 1190 g/mol. The molecule has 0 saturated heterocycles. The fraction of sp³-hybridized carbons (Fsp3) is 0.311. The van der Waals surface area contributed by atoms with Crippen LogP contribution in [0.3, 0.4) is 0 Å². The lowest BCUT2D eigenvalue weighted by Gasteiger charge is -2.15. The van der Waals surface area contributed by atoms with E-state index in [2.05, 4.69) is 40.5 Å². The average molecular weight is 1240 g/mol. The van der Waals surface area contributed by atoms with Crippen LogP contribution in [0.15, 0.2) is 97.3 Å². The quantitative estimate of drug-likeness (QED) is 0.0718. The summed E-state index contributed by atoms with van der Waals surface area (Å²) in [5.41, 5.74) is -4.08. The van der Waals surface area contributed by atoms with Crippen molar-refractivity contribution in [3.8, 4) is 23.5 Å². The lowest BCUT2D eigenvalue weighted by molar-refractivity contribution is -0.144. The van der Waals surface area contributed by atoms with E-state index in [0.717, 1.165) is 31.4 Å². The first-order valence-electron chi connectivity index (χ1n) is 22.7. The highest BCUT2D eigenvalue weighted by Gasteiger charge is 2.36. The van der Waals surface area contributed by atoms with Crippen molar-refractivity contribution in [2.75, 3.05) is 37.7 Å². The summed E-state index contributed by atoms with van der Waals surface area (Å²) in [5, 5.41) is 3.42. The molecule has 6 rings (SSSR count). The van der Waals surface area contributed by atoms with Crippen LogP contribution in [0.25, 0.3) is 5.69 Å². The summed E-state index contributed by atoms with van der Waals surface area (Å²) < 4.78 is 174. The Bertz CT molecular complexity index is 3790. The Labute approximate surface area is 466 Å². The number of pyridine rings is 1. The van der Waals surface area contributed by atoms with Crippen molar-refractivity contribution in [1.29, 1.82) is 0 Å². The van der Waals surface area contributed by atoms with Gasteiger partial charge in [-0.05, 0) is 69.2 Å². The number of aromatic nitrogens is 8. The SMILES string of the molecule is CC(C)OC(=O)c1cc(-n2c(=O)cc(C(F)(F)F)n(C)c2=O)ccc1Cl.CCS(=O)(=O)c1cccnc1S(=O)(=O)NC(=O)Nc1nc(OC)cc(OC)n1.COc1nc(C)nc(NC(=O)NS(=O)(=O)c2ccccc2CCC(F)(F)F)n1. The maximum Gasteiger partial charge on any atom is 0.431 e. The number of hydrogen-bond donors (Lipinski definition) is 4. The number of halogens is 7. The summed E-state index contributed by atoms with van der Waals surface area (Å²) in [6.07, 6.45) is -10.4. The van der Waals surface area contributed by atoms with Crippen LogP contribution in [0.1, 0.15) is 54.6 Å². The molecule has 0 unspecified atom stereocenters. The van der Waals surface area contributed by atoms with Crippen LogP contribution in [-0.4, -0.2) is 122 Å². The zero-order valence-corrected chi connectivity index (χ0v) is 46.9. The van der Waals surface area contributed by atoms with Gasteiger partial charge in [-0.3, -0.25) is 20.0 Å². The van der Waals surface area contributed by atoms with Gasteiger partial charge in [0.05, 0.1) is 60.4 Å². The summed E-state index contributed by atoms with van der Waals surface area (Å²) in [6.45, 7) is 6.09. The average Bonchev–Trinajstić information content (AvgIpc) is 3.58. The summed E-state index contributed by atoms with van der Waals surface area (Å²) in [4.78, 5) is 82.2. The van der Waals surface area contributed by atoms with E-state index in [-0.39, 0.29) is 63.1 Å². The second kappa shape index (κ2) is 27.3. The molecule has 0 aliphatic rings. The molecule has 4 amide bonds. The van der Waals surface area contributed by atoms with E-state index < -0.39 is 111 Å². The van der Waals surface area contributed by atoms with Crippen molar-refractivity contribution in [3.63, 3.8) is 0 Å². The molecule has 0 aliphatic heterocycles. The van der Waals surface area contributed by atoms with Gasteiger partial charge in [0.2, 0.25) is 23.7 Å². The third-order valence-electron chi connectivity index (χ3n) is 9.94. The number of urea groups is 2. The first-order valence-corrected chi connectivity index (χ1v) is 27.7. The minimum atomic E-state index is -4.86. The Balaban J connectivity index is 0.000000265. The third-order valence-corrected chi connectivity index (χ3v) is 14.9. The second-order valence-electron chi connectivity index (χ2n) is 16.2. The number of rotatable bonds is 16. The van der Waals surface area contributed by atoms with Gasteiger partial charge in [0.15, 0.2) is 14.9 Å². The highest BCUT2D eigenvalue weighted by molar-refractivity contribution is 7.93. The topological polar surface area (TPSA) is 360 Å². The number of nitrogens with one attached hydrogen (secondary N) is 4. The second-order valence-corrected chi connectivity index (χ2v) is 22.1. The highest BCUT2D eigenvalue weighted by Crippen LogP contribution is 2.28. The molecule has 0 atom stereocenters. The van der Waals surface area contributed by atoms with E-state index in [1.54, 1.807) is 23.3 Å². The molecule has 4 aromatic heterocycles. The maximum atomic E-state index is 12.9. The minimum Gasteiger partial charge on any atom is -0.481 e. The molecule has 0 saturated carbocycles. The summed E-state index contributed by atoms with van der Waals surface area (Å²) in [7, 11) is -8.10. The van der Waals surface area contributed by atoms with Crippen LogP contribution in [0.5, 0.6) is 17.8 Å². The molecule has 0 radical (unpaired) electrons. The fourth-order valence-corrected chi connectivity index (χ4v) is 10.2. The van der Waals surface area contributed by atoms with Crippen molar-refractivity contribution in [2.24, 2.45) is 7.05 Å². The van der Waals surface area contributed by atoms with E-state index in [1.807, 2.05) is 0 Å². The number of carbonyl (C=O) groups excluding carboxylic acids is 3. The molecule has 0 spiro atoms. The van der Waals surface area contributed by atoms with Gasteiger partial charge in [-0.25, -0.2) is 55.0 Å². The predicted molar refractivity (Wildman–Crippen MR) is 276 cm³/mol. The van der Waals surface area contributed by atoms with Crippen LogP contribution in [0.4, 0.5) is 47.8 Å². The van der Waals surface area contributed by atoms with E-state index in [1.165, 1.54) is 77.6 Å². The number of carbonyl (C=O) groups is 3. The Morgan fingerprint density at radius 3 is 1.85 bits per heavy atom. The number of amides is 4. The molecule has 4 heterocycles. The number of benzene rings is 2. The molecule has 0 aliphatic carbocycles. The molecule has 0 bridgehead atoms. The fourth-order valence-electron chi connectivity index (χ4n) is 6.32. The number of alkyl halides is 6. The number of nitrogens with zero attached hydrogens (tertiary/aromatic N) is 8. The van der Waals surface area contributed by atoms with Crippen molar-refractivity contribution in [3.05, 3.63) is 121 Å². The van der Waals surface area contributed by atoms with Crippen molar-refractivity contribution < 1.29 is 84.9 Å². The van der Waals surface area contributed by atoms with Crippen molar-refractivity contribution in [1.82, 2.24) is 48.5 Å². The molecule has 444 valence electrons. The minimum absolute atomic E-state index is 0.0104. The van der Waals surface area contributed by atoms with Crippen LogP contribution in [0.2, 0.25) is 5.02 Å². The number of sulfone groups is 1. The van der Waals surface area contributed by atoms with Gasteiger partial charge in [-0.15, -0.1) is 0 Å². The first kappa shape index (κ1) is 66.0. The number of esters is 1. The third kappa shape index (κ3) is 18.3. The largest absolute Gasteiger partial charge is 0.481 e. The monoisotopic (exact) mass is 1240 g/mol. The number of anilines is 2. The number of ether oxygens (including phenoxy) is 4. The lowest BCUT2D eigenvalue weighted by Crippen LogP contribution is -2.40. The molecule has 4 N–H and O–H groups in total. The highest BCUT2D eigenvalue weighted by atomic mass is 35.5. The smallest absolute Gasteiger partial charge is 0.431 e. The van der Waals surface area contributed by atoms with Crippen LogP contribution in [-0.2, 0) is 54.3 Å². The Morgan fingerprint density at radius 1 is 0.732 bits per heavy atom. The van der Waals surface area contributed by atoms with Crippen LogP contribution < -0.4 is 45.5 Å². The normalized spacial score (nSPS) is 11.7. The summed E-state index contributed by atoms with van der Waals surface area (Å²) >= 11 is 5.94. The van der Waals surface area contributed by atoms with Gasteiger partial charge >= 0.3 is 42.1 Å². The lowest BCUT2D eigenvalue weighted by atomic mass is 10.1. The Hall–Kier alpha value is -8.51. The van der Waals surface area contributed by atoms with Crippen LogP contribution in [0, 0.1) is 6.92 Å². The van der Waals surface area contributed by atoms with Gasteiger partial charge < -0.3 is 18.9 Å². The standard InChI is InChI=1S/C16H14ClF3N2O4.C15H16F3N5O4S.C14H17N5O7S2/c1-8(2)26-14(24)10-6-9(4-5-11(10)17)22-13(23)7-12(16(18,19)20)21(3)15(22)25;1-9-19-12(22-14(20-9)27-2)21-13(24)23-28(25,26)11-6-4-3-5-10(11)7-8-15(16,17)18;1-4-27(21,22)9-6-5-7-15-12(9)28(23,24)19-14(20)18-13-16-10(25-2)8-11(17-13)26-3/h4-8H,1-3H3;3-6H,7-8H2,1-2H3,(H2,19,20,21,22,23,24);5-8H,4H2,1-3H3,(H2,16,17,18,19,20). The summed E-state index contributed by atoms with van der Waals surface area (Å²) in [5.74, 6) is -1.36. The van der Waals surface area contributed by atoms with Crippen LogP contribution >= 0.6 is 11.6 Å². The maximum absolute atomic E-state index is 12.9. The zero-order chi connectivity index (χ0) is 61.7. The number of hydrogen-bond acceptors (Lipinski definition) is 21. The molecule has 2 aromatic carbocycles. The zero-order valence-electron chi connectivity index (χ0n) is 43.7.